The molecule has 8 rings (SSSR count). The van der Waals surface area contributed by atoms with E-state index < -0.39 is 0 Å². The lowest BCUT2D eigenvalue weighted by Crippen LogP contribution is -2.11. The smallest absolute Gasteiger partial charge is 0.0633 e. The molecule has 0 saturated heterocycles. The van der Waals surface area contributed by atoms with Crippen LogP contribution in [0.4, 0.5) is 0 Å². The van der Waals surface area contributed by atoms with Crippen LogP contribution in [0.3, 0.4) is 0 Å². The average Bonchev–Trinajstić information content (AvgIpc) is 3.27. The van der Waals surface area contributed by atoms with Crippen LogP contribution in [-0.4, -0.2) is 5.71 Å². The van der Waals surface area contributed by atoms with E-state index in [0.29, 0.717) is 5.92 Å². The summed E-state index contributed by atoms with van der Waals surface area (Å²) in [7, 11) is 0. The minimum Gasteiger partial charge on any atom is -0.253 e. The van der Waals surface area contributed by atoms with Crippen LogP contribution in [0, 0.1) is 0 Å². The maximum atomic E-state index is 5.25. The second-order valence-electron chi connectivity index (χ2n) is 16.1. The van der Waals surface area contributed by atoms with E-state index in [-0.39, 0.29) is 5.92 Å². The Morgan fingerprint density at radius 3 is 2.29 bits per heavy atom. The topological polar surface area (TPSA) is 12.4 Å². The summed E-state index contributed by atoms with van der Waals surface area (Å²) in [5.74, 6) is 0.441. The molecule has 0 spiro atoms. The van der Waals surface area contributed by atoms with Crippen LogP contribution in [0.5, 0.6) is 0 Å². The van der Waals surface area contributed by atoms with Crippen molar-refractivity contribution in [3.05, 3.63) is 250 Å². The number of allylic oxidation sites excluding steroid dienone is 20. The molecule has 4 aliphatic carbocycles. The first-order valence-electron chi connectivity index (χ1n) is 20.8. The summed E-state index contributed by atoms with van der Waals surface area (Å²) in [6.07, 6.45) is 30.9. The Hall–Kier alpha value is -6.31. The zero-order valence-corrected chi connectivity index (χ0v) is 34.1. The summed E-state index contributed by atoms with van der Waals surface area (Å²) in [4.78, 5) is 5.25. The summed E-state index contributed by atoms with van der Waals surface area (Å²) >= 11 is 0. The quantitative estimate of drug-likeness (QED) is 0.107. The fourth-order valence-electron chi connectivity index (χ4n) is 9.09. The molecule has 2 atom stereocenters. The predicted octanol–water partition coefficient (Wildman–Crippen LogP) is 15.4. The summed E-state index contributed by atoms with van der Waals surface area (Å²) in [5, 5.41) is 2.55. The van der Waals surface area contributed by atoms with Crippen molar-refractivity contribution >= 4 is 27.8 Å². The monoisotopic (exact) mass is 751 g/mol. The van der Waals surface area contributed by atoms with Crippen molar-refractivity contribution in [3.8, 4) is 0 Å². The van der Waals surface area contributed by atoms with Gasteiger partial charge in [0.2, 0.25) is 0 Å². The zero-order chi connectivity index (χ0) is 40.0. The van der Waals surface area contributed by atoms with Gasteiger partial charge < -0.3 is 0 Å². The molecular formula is C57H53N. The number of hydrogen-bond donors (Lipinski definition) is 0. The normalized spacial score (nSPS) is 19.8. The average molecular weight is 752 g/mol. The number of benzene rings is 4. The SMILES string of the molecule is C=C(C)/C(C1=CCCC=C1)=C(\C)C/C(=N\C(=C)c1ccccc1)C1=CC=C(C2=CC=CC(c3ccc(C4=CC=CC(=C)C4c4cccc5ccccc45)cc3)C2)CC1. The van der Waals surface area contributed by atoms with Crippen LogP contribution in [0.1, 0.15) is 86.5 Å². The lowest BCUT2D eigenvalue weighted by Gasteiger charge is -2.27. The van der Waals surface area contributed by atoms with E-state index in [1.54, 1.807) is 0 Å². The van der Waals surface area contributed by atoms with Gasteiger partial charge in [-0.05, 0) is 118 Å². The maximum Gasteiger partial charge on any atom is 0.0633 e. The molecule has 4 aliphatic rings. The molecule has 1 heteroatoms. The minimum atomic E-state index is 0.115. The van der Waals surface area contributed by atoms with Gasteiger partial charge in [-0.2, -0.15) is 0 Å². The lowest BCUT2D eigenvalue weighted by molar-refractivity contribution is 0.797. The summed E-state index contributed by atoms with van der Waals surface area (Å²) in [5.41, 5.74) is 18.3. The molecule has 0 fully saturated rings. The van der Waals surface area contributed by atoms with Crippen molar-refractivity contribution in [2.45, 2.75) is 64.2 Å². The minimum absolute atomic E-state index is 0.115. The second-order valence-corrected chi connectivity index (χ2v) is 16.1. The van der Waals surface area contributed by atoms with Crippen molar-refractivity contribution in [2.24, 2.45) is 4.99 Å². The Labute approximate surface area is 346 Å². The molecule has 1 nitrogen and oxygen atoms in total. The lowest BCUT2D eigenvalue weighted by atomic mass is 9.77. The highest BCUT2D eigenvalue weighted by Crippen LogP contribution is 2.44. The van der Waals surface area contributed by atoms with Crippen LogP contribution in [0.25, 0.3) is 22.0 Å². The molecule has 286 valence electrons. The molecule has 0 radical (unpaired) electrons. The van der Waals surface area contributed by atoms with Gasteiger partial charge in [0.25, 0.3) is 0 Å². The fraction of sp³-hybridized carbons (Fsp3) is 0.175. The van der Waals surface area contributed by atoms with Crippen LogP contribution in [-0.2, 0) is 0 Å². The second kappa shape index (κ2) is 17.5. The summed E-state index contributed by atoms with van der Waals surface area (Å²) < 4.78 is 0. The van der Waals surface area contributed by atoms with Gasteiger partial charge in [0, 0.05) is 24.0 Å². The highest BCUT2D eigenvalue weighted by molar-refractivity contribution is 6.05. The van der Waals surface area contributed by atoms with Crippen molar-refractivity contribution in [1.29, 1.82) is 0 Å². The fourth-order valence-corrected chi connectivity index (χ4v) is 9.09. The highest BCUT2D eigenvalue weighted by atomic mass is 14.8. The van der Waals surface area contributed by atoms with Gasteiger partial charge in [0.15, 0.2) is 0 Å². The number of hydrogen-bond acceptors (Lipinski definition) is 1. The molecule has 2 unspecified atom stereocenters. The number of aliphatic imine (C=N–C) groups is 1. The Bertz CT molecular complexity index is 2590. The van der Waals surface area contributed by atoms with E-state index in [1.165, 1.54) is 66.5 Å². The highest BCUT2D eigenvalue weighted by Gasteiger charge is 2.25. The molecule has 0 amide bonds. The standard InChI is InChI=1S/C57H53N/c1-39(2)56(49-21-10-7-11-22-49)41(4)37-55(58-42(5)43-18-8-6-9-19-43)48-35-31-45(32-36-48)51-25-15-24-50(38-51)44-29-33-47(34-30-44)53-27-14-17-40(3)57(53)54-28-16-23-46-20-12-13-26-52(46)54/h6,8-10,12-31,33-35,50,57H,1,3,5,7,11,32,36-38H2,2,4H3/b56-41-,58-55+. The van der Waals surface area contributed by atoms with Gasteiger partial charge >= 0.3 is 0 Å². The van der Waals surface area contributed by atoms with Gasteiger partial charge in [-0.3, -0.25) is 4.99 Å². The van der Waals surface area contributed by atoms with E-state index >= 15 is 0 Å². The Morgan fingerprint density at radius 1 is 0.741 bits per heavy atom. The number of rotatable bonds is 11. The largest absolute Gasteiger partial charge is 0.253 e. The molecule has 4 aromatic carbocycles. The first kappa shape index (κ1) is 38.6. The maximum absolute atomic E-state index is 5.25. The van der Waals surface area contributed by atoms with Gasteiger partial charge in [-0.25, -0.2) is 0 Å². The van der Waals surface area contributed by atoms with Crippen LogP contribution >= 0.6 is 0 Å². The summed E-state index contributed by atoms with van der Waals surface area (Å²) in [6.45, 7) is 17.7. The van der Waals surface area contributed by atoms with Crippen molar-refractivity contribution in [2.75, 3.05) is 0 Å². The zero-order valence-electron chi connectivity index (χ0n) is 34.1. The first-order chi connectivity index (χ1) is 28.3. The molecular weight excluding hydrogens is 699 g/mol. The molecule has 0 saturated carbocycles. The first-order valence-corrected chi connectivity index (χ1v) is 20.8. The third-order valence-corrected chi connectivity index (χ3v) is 12.0. The van der Waals surface area contributed by atoms with Gasteiger partial charge in [-0.15, -0.1) is 0 Å². The molecule has 58 heavy (non-hydrogen) atoms. The van der Waals surface area contributed by atoms with Crippen molar-refractivity contribution < 1.29 is 0 Å². The van der Waals surface area contributed by atoms with Crippen LogP contribution in [0.15, 0.2) is 233 Å². The predicted molar refractivity (Wildman–Crippen MR) is 251 cm³/mol. The third-order valence-electron chi connectivity index (χ3n) is 12.0. The third kappa shape index (κ3) is 8.36. The molecule has 4 aromatic rings. The molecule has 0 heterocycles. The molecule has 0 bridgehead atoms. The van der Waals surface area contributed by atoms with E-state index in [9.17, 15) is 0 Å². The van der Waals surface area contributed by atoms with Gasteiger partial charge in [0.1, 0.15) is 0 Å². The van der Waals surface area contributed by atoms with Gasteiger partial charge in [-0.1, -0.05) is 195 Å². The molecule has 0 N–H and O–H groups in total. The Kier molecular flexibility index (Phi) is 11.6. The van der Waals surface area contributed by atoms with Gasteiger partial charge in [0.05, 0.1) is 5.70 Å². The molecule has 0 aromatic heterocycles. The van der Waals surface area contributed by atoms with E-state index in [2.05, 4.69) is 191 Å². The number of nitrogens with zero attached hydrogens (tertiary/aromatic N) is 1. The van der Waals surface area contributed by atoms with Crippen LogP contribution in [0.2, 0.25) is 0 Å². The van der Waals surface area contributed by atoms with E-state index in [0.717, 1.165) is 66.6 Å². The van der Waals surface area contributed by atoms with E-state index in [4.69, 9.17) is 4.99 Å². The van der Waals surface area contributed by atoms with Crippen LogP contribution < -0.4 is 0 Å². The number of fused-ring (bicyclic) bond motifs is 1. The Morgan fingerprint density at radius 2 is 1.53 bits per heavy atom. The van der Waals surface area contributed by atoms with Crippen molar-refractivity contribution in [3.63, 3.8) is 0 Å². The molecule has 0 aliphatic heterocycles. The Balaban J connectivity index is 1.02. The van der Waals surface area contributed by atoms with E-state index in [1.807, 2.05) is 6.07 Å². The summed E-state index contributed by atoms with van der Waals surface area (Å²) in [6, 6.07) is 34.9. The van der Waals surface area contributed by atoms with Crippen molar-refractivity contribution in [1.82, 2.24) is 0 Å².